The Balaban J connectivity index is 1.25. The summed E-state index contributed by atoms with van der Waals surface area (Å²) in [5, 5.41) is 8.21. The lowest BCUT2D eigenvalue weighted by molar-refractivity contribution is 0.618. The van der Waals surface area contributed by atoms with E-state index in [2.05, 4.69) is 127 Å². The second-order valence-corrected chi connectivity index (χ2v) is 10.8. The van der Waals surface area contributed by atoms with Gasteiger partial charge < -0.3 is 8.83 Å². The number of para-hydroxylation sites is 1. The molecule has 2 heteroatoms. The van der Waals surface area contributed by atoms with Gasteiger partial charge in [-0.3, -0.25) is 0 Å². The summed E-state index contributed by atoms with van der Waals surface area (Å²) in [7, 11) is 0. The lowest BCUT2D eigenvalue weighted by Crippen LogP contribution is -1.90. The topological polar surface area (TPSA) is 26.3 Å². The van der Waals surface area contributed by atoms with Gasteiger partial charge in [0.25, 0.3) is 0 Å². The molecule has 0 N–H and O–H groups in total. The van der Waals surface area contributed by atoms with E-state index in [1.54, 1.807) is 6.26 Å². The highest BCUT2D eigenvalue weighted by molar-refractivity contribution is 6.22. The first-order valence-corrected chi connectivity index (χ1v) is 14.3. The molecule has 0 unspecified atom stereocenters. The zero-order valence-corrected chi connectivity index (χ0v) is 22.7. The fraction of sp³-hybridized carbons (Fsp3) is 0. The molecule has 0 fully saturated rings. The van der Waals surface area contributed by atoms with Gasteiger partial charge in [0, 0.05) is 16.3 Å². The maximum atomic E-state index is 6.44. The Morgan fingerprint density at radius 3 is 1.62 bits per heavy atom. The van der Waals surface area contributed by atoms with E-state index in [4.69, 9.17) is 8.83 Å². The quantitative estimate of drug-likeness (QED) is 0.210. The minimum atomic E-state index is 0.841. The number of furan rings is 2. The zero-order valence-electron chi connectivity index (χ0n) is 22.7. The largest absolute Gasteiger partial charge is 0.464 e. The molecule has 0 radical (unpaired) electrons. The smallest absolute Gasteiger partial charge is 0.145 e. The minimum absolute atomic E-state index is 0.841. The maximum absolute atomic E-state index is 6.44. The van der Waals surface area contributed by atoms with Crippen molar-refractivity contribution in [3.05, 3.63) is 146 Å². The summed E-state index contributed by atoms with van der Waals surface area (Å²) in [4.78, 5) is 0. The normalized spacial score (nSPS) is 11.8. The van der Waals surface area contributed by atoms with Gasteiger partial charge in [0.2, 0.25) is 0 Å². The number of hydrogen-bond donors (Lipinski definition) is 0. The molecule has 9 rings (SSSR count). The van der Waals surface area contributed by atoms with Crippen molar-refractivity contribution >= 4 is 54.5 Å². The van der Waals surface area contributed by atoms with Gasteiger partial charge in [0.15, 0.2) is 0 Å². The Labute approximate surface area is 242 Å². The van der Waals surface area contributed by atoms with E-state index in [0.717, 1.165) is 44.0 Å². The molecule has 0 aliphatic rings. The first-order valence-electron chi connectivity index (χ1n) is 14.3. The summed E-state index contributed by atoms with van der Waals surface area (Å²) in [5.41, 5.74) is 9.76. The number of fused-ring (bicyclic) bond motifs is 7. The molecule has 0 amide bonds. The van der Waals surface area contributed by atoms with Crippen LogP contribution in [0.2, 0.25) is 0 Å². The lowest BCUT2D eigenvalue weighted by atomic mass is 9.85. The maximum Gasteiger partial charge on any atom is 0.145 e. The fourth-order valence-corrected chi connectivity index (χ4v) is 6.71. The Hall–Kier alpha value is -5.60. The molecular formula is C40H24O2. The third kappa shape index (κ3) is 3.33. The van der Waals surface area contributed by atoms with Crippen LogP contribution in [0.15, 0.2) is 155 Å². The Bertz CT molecular complexity index is 2380. The van der Waals surface area contributed by atoms with Crippen molar-refractivity contribution in [2.24, 2.45) is 0 Å². The van der Waals surface area contributed by atoms with Crippen LogP contribution in [0.4, 0.5) is 0 Å². The van der Waals surface area contributed by atoms with Gasteiger partial charge in [-0.05, 0) is 67.6 Å². The van der Waals surface area contributed by atoms with Gasteiger partial charge in [0.1, 0.15) is 16.7 Å². The molecule has 0 atom stereocenters. The molecule has 9 aromatic rings. The first kappa shape index (κ1) is 23.1. The van der Waals surface area contributed by atoms with Crippen LogP contribution in [0.3, 0.4) is 0 Å². The number of hydrogen-bond acceptors (Lipinski definition) is 2. The second kappa shape index (κ2) is 8.95. The molecule has 2 nitrogen and oxygen atoms in total. The van der Waals surface area contributed by atoms with Crippen molar-refractivity contribution in [3.63, 3.8) is 0 Å². The SMILES string of the molecule is c1ccc(-c2c3ccccc3c(-c3ccc(-c4cccc5c4oc4ccc6ccoc6c45)cc3)c3ccccc23)cc1. The van der Waals surface area contributed by atoms with Crippen LogP contribution in [0, 0.1) is 0 Å². The highest BCUT2D eigenvalue weighted by Gasteiger charge is 2.18. The van der Waals surface area contributed by atoms with Crippen LogP contribution in [-0.4, -0.2) is 0 Å². The Morgan fingerprint density at radius 2 is 0.952 bits per heavy atom. The highest BCUT2D eigenvalue weighted by Crippen LogP contribution is 2.44. The van der Waals surface area contributed by atoms with Crippen molar-refractivity contribution in [1.29, 1.82) is 0 Å². The molecule has 2 aromatic heterocycles. The molecule has 196 valence electrons. The van der Waals surface area contributed by atoms with Crippen LogP contribution in [0.25, 0.3) is 87.8 Å². The van der Waals surface area contributed by atoms with E-state index in [0.29, 0.717) is 0 Å². The number of benzene rings is 7. The van der Waals surface area contributed by atoms with E-state index in [-0.39, 0.29) is 0 Å². The van der Waals surface area contributed by atoms with Gasteiger partial charge in [-0.15, -0.1) is 0 Å². The predicted octanol–water partition coefficient (Wildman–Crippen LogP) is 11.6. The van der Waals surface area contributed by atoms with Gasteiger partial charge in [-0.2, -0.15) is 0 Å². The Morgan fingerprint density at radius 1 is 0.381 bits per heavy atom. The van der Waals surface area contributed by atoms with Crippen LogP contribution in [0.5, 0.6) is 0 Å². The third-order valence-corrected chi connectivity index (χ3v) is 8.56. The van der Waals surface area contributed by atoms with Crippen LogP contribution < -0.4 is 0 Å². The standard InChI is InChI=1S/C40H24O2/c1-2-9-26(10-3-1)36-30-11-4-6-13-32(30)37(33-14-7-5-12-31(33)36)27-19-17-25(18-20-27)29-15-8-16-34-38-35(42-40(29)34)22-21-28-23-24-41-39(28)38/h1-24H. The monoisotopic (exact) mass is 536 g/mol. The van der Waals surface area contributed by atoms with Crippen molar-refractivity contribution < 1.29 is 8.83 Å². The zero-order chi connectivity index (χ0) is 27.6. The van der Waals surface area contributed by atoms with Crippen LogP contribution in [-0.2, 0) is 0 Å². The summed E-state index contributed by atoms with van der Waals surface area (Å²) in [6.07, 6.45) is 1.74. The summed E-state index contributed by atoms with van der Waals surface area (Å²) >= 11 is 0. The average molecular weight is 537 g/mol. The van der Waals surface area contributed by atoms with E-state index >= 15 is 0 Å². The summed E-state index contributed by atoms with van der Waals surface area (Å²) in [5.74, 6) is 0. The lowest BCUT2D eigenvalue weighted by Gasteiger charge is -2.18. The molecule has 0 aliphatic carbocycles. The van der Waals surface area contributed by atoms with Crippen LogP contribution in [0.1, 0.15) is 0 Å². The predicted molar refractivity (Wildman–Crippen MR) is 175 cm³/mol. The molecule has 0 spiro atoms. The summed E-state index contributed by atoms with van der Waals surface area (Å²) in [6.45, 7) is 0. The summed E-state index contributed by atoms with van der Waals surface area (Å²) in [6, 6.07) is 49.7. The molecule has 7 aromatic carbocycles. The van der Waals surface area contributed by atoms with Gasteiger partial charge in [0.05, 0.1) is 11.6 Å². The van der Waals surface area contributed by atoms with E-state index in [1.807, 2.05) is 12.1 Å². The first-order chi connectivity index (χ1) is 20.8. The number of rotatable bonds is 3. The Kier molecular flexibility index (Phi) is 4.93. The summed E-state index contributed by atoms with van der Waals surface area (Å²) < 4.78 is 12.3. The molecular weight excluding hydrogens is 512 g/mol. The van der Waals surface area contributed by atoms with Gasteiger partial charge in [-0.25, -0.2) is 0 Å². The fourth-order valence-electron chi connectivity index (χ4n) is 6.71. The van der Waals surface area contributed by atoms with Crippen molar-refractivity contribution in [1.82, 2.24) is 0 Å². The van der Waals surface area contributed by atoms with Crippen molar-refractivity contribution in [2.45, 2.75) is 0 Å². The molecule has 0 saturated carbocycles. The average Bonchev–Trinajstić information content (AvgIpc) is 3.69. The minimum Gasteiger partial charge on any atom is -0.464 e. The molecule has 0 bridgehead atoms. The van der Waals surface area contributed by atoms with Gasteiger partial charge in [-0.1, -0.05) is 121 Å². The van der Waals surface area contributed by atoms with Crippen molar-refractivity contribution in [2.75, 3.05) is 0 Å². The highest BCUT2D eigenvalue weighted by atomic mass is 16.3. The van der Waals surface area contributed by atoms with E-state index in [9.17, 15) is 0 Å². The van der Waals surface area contributed by atoms with Crippen LogP contribution >= 0.6 is 0 Å². The molecule has 42 heavy (non-hydrogen) atoms. The van der Waals surface area contributed by atoms with E-state index in [1.165, 1.54) is 43.8 Å². The van der Waals surface area contributed by atoms with E-state index < -0.39 is 0 Å². The molecule has 0 aliphatic heterocycles. The molecule has 2 heterocycles. The second-order valence-electron chi connectivity index (χ2n) is 10.8. The third-order valence-electron chi connectivity index (χ3n) is 8.56. The van der Waals surface area contributed by atoms with Crippen molar-refractivity contribution in [3.8, 4) is 33.4 Å². The molecule has 0 saturated heterocycles. The van der Waals surface area contributed by atoms with Gasteiger partial charge >= 0.3 is 0 Å².